The molecule has 210 valence electrons. The molecule has 0 N–H and O–H groups in total. The lowest BCUT2D eigenvalue weighted by Gasteiger charge is -2.12. The van der Waals surface area contributed by atoms with E-state index in [1.165, 1.54) is 27.4 Å². The summed E-state index contributed by atoms with van der Waals surface area (Å²) in [5, 5.41) is 5.84. The summed E-state index contributed by atoms with van der Waals surface area (Å²) < 4.78 is 11.0. The van der Waals surface area contributed by atoms with E-state index in [1.54, 1.807) is 0 Å². The molecule has 4 nitrogen and oxygen atoms in total. The number of aromatic nitrogens is 3. The molecule has 4 aromatic heterocycles. The Morgan fingerprint density at radius 2 is 1.00 bits per heavy atom. The molecule has 0 aliphatic heterocycles. The quantitative estimate of drug-likeness (QED) is 0.210. The molecule has 0 fully saturated rings. The Balaban J connectivity index is 1.18. The third-order valence-corrected chi connectivity index (χ3v) is 9.14. The molecule has 0 spiro atoms. The van der Waals surface area contributed by atoms with E-state index in [0.29, 0.717) is 0 Å². The smallest absolute Gasteiger partial charge is 0.136 e. The molecule has 0 radical (unpaired) electrons. The van der Waals surface area contributed by atoms with Gasteiger partial charge in [-0.1, -0.05) is 78.9 Å². The van der Waals surface area contributed by atoms with Crippen LogP contribution in [0.4, 0.5) is 0 Å². The average molecular weight is 576 g/mol. The van der Waals surface area contributed by atoms with Crippen molar-refractivity contribution in [2.24, 2.45) is 0 Å². The fourth-order valence-corrected chi connectivity index (χ4v) is 7.18. The lowest BCUT2D eigenvalue weighted by molar-refractivity contribution is 0.669. The van der Waals surface area contributed by atoms with Gasteiger partial charge >= 0.3 is 0 Å². The predicted octanol–water partition coefficient (Wildman–Crippen LogP) is 10.8. The Kier molecular flexibility index (Phi) is 4.96. The average Bonchev–Trinajstić information content (AvgIpc) is 3.75. The second-order valence-corrected chi connectivity index (χ2v) is 11.6. The Morgan fingerprint density at radius 3 is 1.71 bits per heavy atom. The van der Waals surface area contributed by atoms with Crippen LogP contribution in [0.2, 0.25) is 0 Å². The Labute approximate surface area is 258 Å². The largest absolute Gasteiger partial charge is 0.456 e. The van der Waals surface area contributed by atoms with Gasteiger partial charge in [-0.25, -0.2) is 0 Å². The molecule has 10 rings (SSSR count). The van der Waals surface area contributed by atoms with Gasteiger partial charge in [-0.2, -0.15) is 0 Å². The van der Waals surface area contributed by atoms with Crippen LogP contribution < -0.4 is 0 Å². The topological polar surface area (TPSA) is 35.9 Å². The highest BCUT2D eigenvalue weighted by Gasteiger charge is 2.18. The minimum Gasteiger partial charge on any atom is -0.456 e. The van der Waals surface area contributed by atoms with Crippen molar-refractivity contribution in [1.82, 2.24) is 14.1 Å². The first kappa shape index (κ1) is 24.3. The van der Waals surface area contributed by atoms with E-state index in [4.69, 9.17) is 9.40 Å². The van der Waals surface area contributed by atoms with E-state index in [0.717, 1.165) is 60.8 Å². The Hall–Kier alpha value is -6.13. The van der Waals surface area contributed by atoms with Crippen LogP contribution in [0, 0.1) is 0 Å². The van der Waals surface area contributed by atoms with Crippen molar-refractivity contribution < 1.29 is 4.42 Å². The number of hydrogen-bond acceptors (Lipinski definition) is 2. The molecular weight excluding hydrogens is 550 g/mol. The number of benzene rings is 6. The summed E-state index contributed by atoms with van der Waals surface area (Å²) >= 11 is 0. The zero-order valence-corrected chi connectivity index (χ0v) is 24.2. The van der Waals surface area contributed by atoms with Gasteiger partial charge in [0, 0.05) is 44.5 Å². The molecule has 0 unspecified atom stereocenters. The van der Waals surface area contributed by atoms with Gasteiger partial charge in [0.15, 0.2) is 0 Å². The van der Waals surface area contributed by atoms with E-state index in [1.807, 2.05) is 24.4 Å². The molecule has 6 aromatic carbocycles. The number of pyridine rings is 1. The van der Waals surface area contributed by atoms with Crippen LogP contribution in [-0.2, 0) is 0 Å². The second kappa shape index (κ2) is 9.18. The highest BCUT2D eigenvalue weighted by molar-refractivity contribution is 6.16. The van der Waals surface area contributed by atoms with Crippen LogP contribution in [0.15, 0.2) is 156 Å². The summed E-state index contributed by atoms with van der Waals surface area (Å²) in [6.07, 6.45) is 1.87. The molecule has 0 saturated carbocycles. The third kappa shape index (κ3) is 3.51. The number of fused-ring (bicyclic) bond motifs is 9. The fraction of sp³-hybridized carbons (Fsp3) is 0. The van der Waals surface area contributed by atoms with Gasteiger partial charge in [-0.15, -0.1) is 0 Å². The molecule has 0 aliphatic rings. The molecule has 0 atom stereocenters. The zero-order valence-electron chi connectivity index (χ0n) is 24.2. The van der Waals surface area contributed by atoms with Gasteiger partial charge < -0.3 is 13.6 Å². The minimum atomic E-state index is 0.879. The molecule has 0 aliphatic carbocycles. The number of nitrogens with zero attached hydrogens (tertiary/aromatic N) is 3. The van der Waals surface area contributed by atoms with Gasteiger partial charge in [0.1, 0.15) is 11.2 Å². The van der Waals surface area contributed by atoms with Gasteiger partial charge in [-0.05, 0) is 77.9 Å². The van der Waals surface area contributed by atoms with Crippen LogP contribution in [0.5, 0.6) is 0 Å². The van der Waals surface area contributed by atoms with E-state index >= 15 is 0 Å². The predicted molar refractivity (Wildman–Crippen MR) is 186 cm³/mol. The van der Waals surface area contributed by atoms with Crippen molar-refractivity contribution in [3.05, 3.63) is 152 Å². The fourth-order valence-electron chi connectivity index (χ4n) is 7.18. The van der Waals surface area contributed by atoms with Crippen LogP contribution in [0.25, 0.3) is 88.2 Å². The molecule has 0 amide bonds. The van der Waals surface area contributed by atoms with Gasteiger partial charge in [0.05, 0.1) is 27.6 Å². The second-order valence-electron chi connectivity index (χ2n) is 11.6. The van der Waals surface area contributed by atoms with Gasteiger partial charge in [0.2, 0.25) is 0 Å². The van der Waals surface area contributed by atoms with Crippen molar-refractivity contribution in [3.63, 3.8) is 0 Å². The van der Waals surface area contributed by atoms with E-state index in [9.17, 15) is 0 Å². The first-order valence-electron chi connectivity index (χ1n) is 15.2. The van der Waals surface area contributed by atoms with Crippen LogP contribution in [0.1, 0.15) is 0 Å². The summed E-state index contributed by atoms with van der Waals surface area (Å²) in [6, 6.07) is 51.8. The molecule has 0 saturated heterocycles. The van der Waals surface area contributed by atoms with Gasteiger partial charge in [-0.3, -0.25) is 4.98 Å². The van der Waals surface area contributed by atoms with Crippen LogP contribution in [0.3, 0.4) is 0 Å². The normalized spacial score (nSPS) is 12.0. The lowest BCUT2D eigenvalue weighted by atomic mass is 10.0. The summed E-state index contributed by atoms with van der Waals surface area (Å²) in [6.45, 7) is 0. The number of rotatable bonds is 3. The van der Waals surface area contributed by atoms with Crippen LogP contribution in [-0.4, -0.2) is 14.1 Å². The Morgan fingerprint density at radius 1 is 0.400 bits per heavy atom. The first-order valence-corrected chi connectivity index (χ1v) is 15.2. The highest BCUT2D eigenvalue weighted by atomic mass is 16.3. The number of furan rings is 1. The molecule has 4 heteroatoms. The monoisotopic (exact) mass is 575 g/mol. The SMILES string of the molecule is c1cc(-c2cccc(-n3c4cc5c(cc4c4ncccc43)oc3ccccc35)c2)cc(-n2c3ccccc3c3ccccc32)c1. The number of para-hydroxylation sites is 3. The Bertz CT molecular complexity index is 2720. The van der Waals surface area contributed by atoms with E-state index in [-0.39, 0.29) is 0 Å². The molecule has 10 aromatic rings. The van der Waals surface area contributed by atoms with E-state index < -0.39 is 0 Å². The summed E-state index contributed by atoms with van der Waals surface area (Å²) in [5.41, 5.74) is 11.9. The molecular formula is C41H25N3O. The van der Waals surface area contributed by atoms with Crippen molar-refractivity contribution in [3.8, 4) is 22.5 Å². The summed E-state index contributed by atoms with van der Waals surface area (Å²) in [4.78, 5) is 4.82. The standard InChI is InChI=1S/C41H25N3O/c1-4-17-35-30(14-1)31-15-2-5-18-36(31)43(35)28-12-7-10-26(22-28)27-11-8-13-29(23-27)44-37-19-9-21-42-41(37)34-25-40-33(24-38(34)44)32-16-3-6-20-39(32)45-40/h1-25H. The first-order chi connectivity index (χ1) is 22.3. The lowest BCUT2D eigenvalue weighted by Crippen LogP contribution is -1.96. The van der Waals surface area contributed by atoms with Crippen LogP contribution >= 0.6 is 0 Å². The van der Waals surface area contributed by atoms with E-state index in [2.05, 4.69) is 137 Å². The number of hydrogen-bond donors (Lipinski definition) is 0. The maximum absolute atomic E-state index is 6.26. The molecule has 4 heterocycles. The minimum absolute atomic E-state index is 0.879. The summed E-state index contributed by atoms with van der Waals surface area (Å²) in [5.74, 6) is 0. The maximum Gasteiger partial charge on any atom is 0.136 e. The van der Waals surface area contributed by atoms with Crippen molar-refractivity contribution in [2.75, 3.05) is 0 Å². The summed E-state index contributed by atoms with van der Waals surface area (Å²) in [7, 11) is 0. The third-order valence-electron chi connectivity index (χ3n) is 9.14. The highest BCUT2D eigenvalue weighted by Crippen LogP contribution is 2.38. The maximum atomic E-state index is 6.26. The molecule has 0 bridgehead atoms. The van der Waals surface area contributed by atoms with Gasteiger partial charge in [0.25, 0.3) is 0 Å². The molecule has 45 heavy (non-hydrogen) atoms. The zero-order chi connectivity index (χ0) is 29.5. The van der Waals surface area contributed by atoms with Crippen molar-refractivity contribution in [2.45, 2.75) is 0 Å². The van der Waals surface area contributed by atoms with Crippen molar-refractivity contribution >= 4 is 65.7 Å². The van der Waals surface area contributed by atoms with Crippen molar-refractivity contribution in [1.29, 1.82) is 0 Å².